The second kappa shape index (κ2) is 9.41. The Labute approximate surface area is 174 Å². The van der Waals surface area contributed by atoms with Crippen LogP contribution in [0.3, 0.4) is 0 Å². The van der Waals surface area contributed by atoms with Crippen molar-refractivity contribution in [3.8, 4) is 5.75 Å². The van der Waals surface area contributed by atoms with Crippen LogP contribution in [-0.4, -0.2) is 31.1 Å². The van der Waals surface area contributed by atoms with Crippen molar-refractivity contribution in [1.82, 2.24) is 10.9 Å². The maximum absolute atomic E-state index is 12.6. The van der Waals surface area contributed by atoms with Crippen LogP contribution >= 0.6 is 11.3 Å². The second-order valence-corrected chi connectivity index (χ2v) is 8.61. The minimum Gasteiger partial charge on any atom is -0.490 e. The first-order chi connectivity index (χ1) is 14.2. The van der Waals surface area contributed by atoms with Crippen molar-refractivity contribution in [3.63, 3.8) is 0 Å². The number of hydrogen-bond donors (Lipinski definition) is 2. The molecule has 1 saturated heterocycles. The highest BCUT2D eigenvalue weighted by Gasteiger charge is 2.20. The van der Waals surface area contributed by atoms with Gasteiger partial charge in [0.25, 0.3) is 11.8 Å². The minimum atomic E-state index is -0.403. The number of thiophene rings is 1. The molecule has 6 nitrogen and oxygen atoms in total. The zero-order chi connectivity index (χ0) is 20.1. The van der Waals surface area contributed by atoms with E-state index in [1.165, 1.54) is 41.0 Å². The van der Waals surface area contributed by atoms with Crippen molar-refractivity contribution < 1.29 is 19.1 Å². The maximum atomic E-state index is 12.6. The summed E-state index contributed by atoms with van der Waals surface area (Å²) in [6, 6.07) is 8.98. The fourth-order valence-electron chi connectivity index (χ4n) is 3.76. The number of fused-ring (bicyclic) bond motifs is 1. The van der Waals surface area contributed by atoms with Crippen molar-refractivity contribution in [2.75, 3.05) is 13.2 Å². The highest BCUT2D eigenvalue weighted by Crippen LogP contribution is 2.29. The largest absolute Gasteiger partial charge is 0.490 e. The zero-order valence-electron chi connectivity index (χ0n) is 16.4. The molecule has 4 rings (SSSR count). The van der Waals surface area contributed by atoms with Crippen LogP contribution in [0.2, 0.25) is 0 Å². The van der Waals surface area contributed by atoms with E-state index in [-0.39, 0.29) is 12.0 Å². The third kappa shape index (κ3) is 4.97. The van der Waals surface area contributed by atoms with Crippen LogP contribution < -0.4 is 15.6 Å². The van der Waals surface area contributed by atoms with Crippen LogP contribution in [0.25, 0.3) is 0 Å². The Balaban J connectivity index is 1.35. The molecule has 29 heavy (non-hydrogen) atoms. The van der Waals surface area contributed by atoms with Gasteiger partial charge in [0.2, 0.25) is 0 Å². The predicted octanol–water partition coefficient (Wildman–Crippen LogP) is 3.65. The molecule has 1 aliphatic heterocycles. The summed E-state index contributed by atoms with van der Waals surface area (Å²) in [5, 5.41) is 0. The number of aryl methyl sites for hydroxylation is 2. The van der Waals surface area contributed by atoms with Crippen LogP contribution in [0.4, 0.5) is 0 Å². The summed E-state index contributed by atoms with van der Waals surface area (Å²) in [6.07, 6.45) is 7.73. The number of carbonyl (C=O) groups is 2. The lowest BCUT2D eigenvalue weighted by Gasteiger charge is -2.14. The molecule has 1 atom stereocenters. The Morgan fingerprint density at radius 1 is 1.07 bits per heavy atom. The van der Waals surface area contributed by atoms with Crippen LogP contribution in [0.5, 0.6) is 5.75 Å². The highest BCUT2D eigenvalue weighted by molar-refractivity contribution is 7.14. The normalized spacial score (nSPS) is 18.6. The van der Waals surface area contributed by atoms with E-state index in [0.29, 0.717) is 22.8 Å². The molecule has 2 amide bonds. The molecule has 2 N–H and O–H groups in total. The number of hydrogen-bond acceptors (Lipinski definition) is 5. The molecule has 1 aromatic carbocycles. The first kappa shape index (κ1) is 19.9. The van der Waals surface area contributed by atoms with E-state index < -0.39 is 5.91 Å². The number of benzene rings is 1. The van der Waals surface area contributed by atoms with E-state index in [1.807, 2.05) is 12.1 Å². The number of rotatable bonds is 5. The average Bonchev–Trinajstić information content (AvgIpc) is 3.36. The van der Waals surface area contributed by atoms with Crippen molar-refractivity contribution in [1.29, 1.82) is 0 Å². The van der Waals surface area contributed by atoms with Gasteiger partial charge < -0.3 is 9.47 Å². The summed E-state index contributed by atoms with van der Waals surface area (Å²) in [5.41, 5.74) is 6.71. The van der Waals surface area contributed by atoms with Gasteiger partial charge in [-0.1, -0.05) is 18.6 Å². The van der Waals surface area contributed by atoms with Gasteiger partial charge in [0.15, 0.2) is 0 Å². The van der Waals surface area contributed by atoms with Crippen molar-refractivity contribution in [2.24, 2.45) is 0 Å². The number of hydrazine groups is 1. The maximum Gasteiger partial charge on any atom is 0.279 e. The van der Waals surface area contributed by atoms with Crippen LogP contribution in [0.15, 0.2) is 30.3 Å². The minimum absolute atomic E-state index is 0.0693. The summed E-state index contributed by atoms with van der Waals surface area (Å²) in [5.74, 6) is -0.203. The third-order valence-electron chi connectivity index (χ3n) is 5.34. The molecule has 0 radical (unpaired) electrons. The molecular weight excluding hydrogens is 388 g/mol. The van der Waals surface area contributed by atoms with E-state index in [0.717, 1.165) is 32.3 Å². The number of amides is 2. The molecule has 1 aliphatic carbocycles. The summed E-state index contributed by atoms with van der Waals surface area (Å²) in [4.78, 5) is 27.0. The fraction of sp³-hybridized carbons (Fsp3) is 0.455. The van der Waals surface area contributed by atoms with Crippen LogP contribution in [0.1, 0.15) is 62.6 Å². The van der Waals surface area contributed by atoms with Crippen LogP contribution in [0, 0.1) is 0 Å². The topological polar surface area (TPSA) is 76.7 Å². The first-order valence-electron chi connectivity index (χ1n) is 10.3. The lowest BCUT2D eigenvalue weighted by atomic mass is 10.1. The van der Waals surface area contributed by atoms with Gasteiger partial charge in [-0.05, 0) is 62.3 Å². The van der Waals surface area contributed by atoms with Gasteiger partial charge in [-0.3, -0.25) is 20.4 Å². The summed E-state index contributed by atoms with van der Waals surface area (Å²) >= 11 is 1.53. The Hall–Kier alpha value is -2.38. The number of para-hydroxylation sites is 1. The Kier molecular flexibility index (Phi) is 6.46. The zero-order valence-corrected chi connectivity index (χ0v) is 17.2. The lowest BCUT2D eigenvalue weighted by Crippen LogP contribution is -2.41. The van der Waals surface area contributed by atoms with E-state index in [1.54, 1.807) is 18.2 Å². The number of nitrogens with one attached hydrogen (secondary N) is 2. The molecule has 2 heterocycles. The van der Waals surface area contributed by atoms with E-state index in [4.69, 9.17) is 9.47 Å². The highest BCUT2D eigenvalue weighted by atomic mass is 32.1. The van der Waals surface area contributed by atoms with Gasteiger partial charge in [0, 0.05) is 11.5 Å². The summed E-state index contributed by atoms with van der Waals surface area (Å²) in [6.45, 7) is 1.17. The van der Waals surface area contributed by atoms with Gasteiger partial charge in [0.05, 0.1) is 16.5 Å². The van der Waals surface area contributed by atoms with E-state index in [2.05, 4.69) is 10.9 Å². The van der Waals surface area contributed by atoms with Crippen molar-refractivity contribution in [3.05, 3.63) is 51.2 Å². The molecule has 1 aromatic heterocycles. The first-order valence-corrected chi connectivity index (χ1v) is 11.1. The Morgan fingerprint density at radius 2 is 1.90 bits per heavy atom. The standard InChI is InChI=1S/C22H26N2O4S/c25-21(17-9-4-5-10-18(17)28-14-16-8-6-12-27-16)23-24-22(26)20-13-15-7-2-1-3-11-19(15)29-20/h4-5,9-10,13,16H,1-3,6-8,11-12,14H2,(H,23,25)(H,24,26)/t16-/m1/s1. The monoisotopic (exact) mass is 414 g/mol. The summed E-state index contributed by atoms with van der Waals surface area (Å²) < 4.78 is 11.4. The smallest absolute Gasteiger partial charge is 0.279 e. The third-order valence-corrected chi connectivity index (χ3v) is 6.58. The number of ether oxygens (including phenoxy) is 2. The van der Waals surface area contributed by atoms with Gasteiger partial charge in [0.1, 0.15) is 12.4 Å². The molecule has 0 bridgehead atoms. The molecular formula is C22H26N2O4S. The Morgan fingerprint density at radius 3 is 2.76 bits per heavy atom. The predicted molar refractivity (Wildman–Crippen MR) is 111 cm³/mol. The second-order valence-electron chi connectivity index (χ2n) is 7.47. The van der Waals surface area contributed by atoms with E-state index in [9.17, 15) is 9.59 Å². The van der Waals surface area contributed by atoms with Crippen molar-refractivity contribution in [2.45, 2.75) is 51.0 Å². The molecule has 0 spiro atoms. The van der Waals surface area contributed by atoms with Gasteiger partial charge in [-0.25, -0.2) is 0 Å². The summed E-state index contributed by atoms with van der Waals surface area (Å²) in [7, 11) is 0. The van der Waals surface area contributed by atoms with E-state index >= 15 is 0 Å². The van der Waals surface area contributed by atoms with Crippen molar-refractivity contribution >= 4 is 23.2 Å². The van der Waals surface area contributed by atoms with Gasteiger partial charge >= 0.3 is 0 Å². The SMILES string of the molecule is O=C(NNC(=O)c1ccccc1OC[C@H]1CCCO1)c1cc2c(s1)CCCCC2. The molecule has 2 aromatic rings. The molecule has 0 saturated carbocycles. The molecule has 7 heteroatoms. The van der Waals surface area contributed by atoms with Crippen LogP contribution in [-0.2, 0) is 17.6 Å². The quantitative estimate of drug-likeness (QED) is 0.578. The molecule has 154 valence electrons. The average molecular weight is 415 g/mol. The molecule has 0 unspecified atom stereocenters. The fourth-order valence-corrected chi connectivity index (χ4v) is 4.91. The number of carbonyl (C=O) groups excluding carboxylic acids is 2. The molecule has 1 fully saturated rings. The Bertz CT molecular complexity index is 850. The lowest BCUT2D eigenvalue weighted by molar-refractivity contribution is 0.0669. The van der Waals surface area contributed by atoms with Gasteiger partial charge in [-0.2, -0.15) is 0 Å². The van der Waals surface area contributed by atoms with Gasteiger partial charge in [-0.15, -0.1) is 11.3 Å². The molecule has 2 aliphatic rings.